The van der Waals surface area contributed by atoms with Gasteiger partial charge in [-0.1, -0.05) is 0 Å². The summed E-state index contributed by atoms with van der Waals surface area (Å²) in [6, 6.07) is 13.0. The van der Waals surface area contributed by atoms with E-state index >= 15 is 0 Å². The molecule has 0 spiro atoms. The lowest BCUT2D eigenvalue weighted by molar-refractivity contribution is 0.381. The average molecular weight is 687 g/mol. The van der Waals surface area contributed by atoms with Crippen LogP contribution >= 0.6 is 45.3 Å². The molecule has 0 saturated heterocycles. The van der Waals surface area contributed by atoms with Crippen molar-refractivity contribution in [1.82, 2.24) is 0 Å². The Hall–Kier alpha value is -3.72. The molecule has 44 heavy (non-hydrogen) atoms. The Morgan fingerprint density at radius 1 is 0.295 bits per heavy atom. The van der Waals surface area contributed by atoms with Gasteiger partial charge in [-0.25, -0.2) is 43.9 Å². The Morgan fingerprint density at radius 2 is 0.614 bits per heavy atom. The lowest BCUT2D eigenvalue weighted by Gasteiger charge is -2.06. The van der Waals surface area contributed by atoms with E-state index in [9.17, 15) is 43.9 Å². The Labute approximate surface area is 255 Å². The Balaban J connectivity index is 1.22. The van der Waals surface area contributed by atoms with Gasteiger partial charge in [0, 0.05) is 38.7 Å². The van der Waals surface area contributed by atoms with E-state index in [-0.39, 0.29) is 9.75 Å². The van der Waals surface area contributed by atoms with Crippen LogP contribution in [0.15, 0.2) is 48.5 Å². The van der Waals surface area contributed by atoms with Gasteiger partial charge in [0.15, 0.2) is 46.5 Å². The molecule has 4 aromatic heterocycles. The molecule has 0 saturated carbocycles. The summed E-state index contributed by atoms with van der Waals surface area (Å²) in [4.78, 5) is 2.24. The maximum absolute atomic E-state index is 14.3. The fraction of sp³-hybridized carbons (Fsp3) is 0. The van der Waals surface area contributed by atoms with Crippen LogP contribution in [0.5, 0.6) is 0 Å². The van der Waals surface area contributed by atoms with E-state index in [1.54, 1.807) is 0 Å². The molecule has 0 unspecified atom stereocenters. The van der Waals surface area contributed by atoms with Gasteiger partial charge in [0.05, 0.1) is 11.1 Å². The predicted octanol–water partition coefficient (Wildman–Crippen LogP) is 12.3. The molecule has 0 aliphatic rings. The van der Waals surface area contributed by atoms with Gasteiger partial charge in [0.2, 0.25) is 11.6 Å². The first-order chi connectivity index (χ1) is 20.9. The molecule has 0 atom stereocenters. The smallest absolute Gasteiger partial charge is 0.200 e. The number of benzene rings is 3. The fourth-order valence-corrected chi connectivity index (χ4v) is 9.15. The highest BCUT2D eigenvalue weighted by Crippen LogP contribution is 2.46. The van der Waals surface area contributed by atoms with Gasteiger partial charge in [-0.05, 0) is 59.3 Å². The molecule has 3 aromatic carbocycles. The number of rotatable bonds is 4. The molecule has 0 fully saturated rings. The molecule has 0 aliphatic carbocycles. The van der Waals surface area contributed by atoms with E-state index < -0.39 is 69.3 Å². The van der Waals surface area contributed by atoms with Gasteiger partial charge in [0.25, 0.3) is 0 Å². The lowest BCUT2D eigenvalue weighted by Crippen LogP contribution is -2.03. The maximum Gasteiger partial charge on any atom is 0.200 e. The number of thiophene rings is 4. The Kier molecular flexibility index (Phi) is 6.88. The zero-order valence-electron chi connectivity index (χ0n) is 21.0. The zero-order chi connectivity index (χ0) is 31.2. The van der Waals surface area contributed by atoms with Gasteiger partial charge in [-0.3, -0.25) is 0 Å². The van der Waals surface area contributed by atoms with Crippen LogP contribution in [-0.2, 0) is 0 Å². The molecule has 0 radical (unpaired) electrons. The molecule has 0 amide bonds. The minimum atomic E-state index is -2.23. The van der Waals surface area contributed by atoms with Crippen LogP contribution in [0, 0.1) is 58.2 Å². The molecule has 0 aliphatic heterocycles. The molecule has 4 heterocycles. The Morgan fingerprint density at radius 3 is 0.977 bits per heavy atom. The third kappa shape index (κ3) is 4.37. The topological polar surface area (TPSA) is 0 Å². The SMILES string of the molecule is Fc1c(F)c(F)c(-c2ccc(-c3cc4cc5cc(-c6ccc(-c7c(F)c(F)c(F)c(F)c7F)s6)sc5cc4s3)s2)c(F)c1F. The van der Waals surface area contributed by atoms with E-state index in [2.05, 4.69) is 0 Å². The molecule has 0 nitrogen and oxygen atoms in total. The van der Waals surface area contributed by atoms with Crippen LogP contribution in [0.1, 0.15) is 0 Å². The highest BCUT2D eigenvalue weighted by Gasteiger charge is 2.29. The second-order valence-corrected chi connectivity index (χ2v) is 13.7. The first-order valence-corrected chi connectivity index (χ1v) is 15.4. The van der Waals surface area contributed by atoms with E-state index in [1.165, 1.54) is 46.9 Å². The van der Waals surface area contributed by atoms with Crippen molar-refractivity contribution in [3.63, 3.8) is 0 Å². The van der Waals surface area contributed by atoms with Crippen LogP contribution in [0.3, 0.4) is 0 Å². The monoisotopic (exact) mass is 686 g/mol. The maximum atomic E-state index is 14.3. The van der Waals surface area contributed by atoms with Gasteiger partial charge < -0.3 is 0 Å². The zero-order valence-corrected chi connectivity index (χ0v) is 24.3. The van der Waals surface area contributed by atoms with Crippen molar-refractivity contribution >= 4 is 65.5 Å². The van der Waals surface area contributed by atoms with Crippen molar-refractivity contribution in [3.8, 4) is 40.4 Å². The molecule has 7 aromatic rings. The van der Waals surface area contributed by atoms with Crippen molar-refractivity contribution in [1.29, 1.82) is 0 Å². The summed E-state index contributed by atoms with van der Waals surface area (Å²) in [6.07, 6.45) is 0. The fourth-order valence-electron chi connectivity index (χ4n) is 4.67. The summed E-state index contributed by atoms with van der Waals surface area (Å²) in [5.74, 6) is -20.2. The van der Waals surface area contributed by atoms with Gasteiger partial charge >= 0.3 is 0 Å². The molecule has 0 N–H and O–H groups in total. The number of fused-ring (bicyclic) bond motifs is 2. The third-order valence-electron chi connectivity index (χ3n) is 6.77. The van der Waals surface area contributed by atoms with Crippen LogP contribution < -0.4 is 0 Å². The van der Waals surface area contributed by atoms with Crippen molar-refractivity contribution < 1.29 is 43.9 Å². The van der Waals surface area contributed by atoms with E-state index in [0.29, 0.717) is 19.5 Å². The number of hydrogen-bond acceptors (Lipinski definition) is 4. The van der Waals surface area contributed by atoms with Crippen molar-refractivity contribution in [2.75, 3.05) is 0 Å². The van der Waals surface area contributed by atoms with E-state index in [4.69, 9.17) is 0 Å². The van der Waals surface area contributed by atoms with Gasteiger partial charge in [-0.2, -0.15) is 0 Å². The normalized spacial score (nSPS) is 11.9. The lowest BCUT2D eigenvalue weighted by atomic mass is 10.1. The second kappa shape index (κ2) is 10.4. The number of hydrogen-bond donors (Lipinski definition) is 0. The first-order valence-electron chi connectivity index (χ1n) is 12.2. The van der Waals surface area contributed by atoms with Crippen LogP contribution in [-0.4, -0.2) is 0 Å². The summed E-state index contributed by atoms with van der Waals surface area (Å²) in [6.45, 7) is 0. The summed E-state index contributed by atoms with van der Waals surface area (Å²) >= 11 is 4.44. The standard InChI is InChI=1S/C30H8F10S4/c31-21-19(22(32)26(36)29(39)25(21)35)13-3-1-11(41-13)17-6-9-5-10-7-18(44-16(10)8-15(9)43-17)12-2-4-14(42-12)20-23(33)27(37)30(40)28(38)24(20)34/h1-8H. The van der Waals surface area contributed by atoms with Crippen molar-refractivity contribution in [2.24, 2.45) is 0 Å². The number of halogens is 10. The average Bonchev–Trinajstić information content (AvgIpc) is 3.81. The first kappa shape index (κ1) is 29.0. The van der Waals surface area contributed by atoms with Crippen LogP contribution in [0.25, 0.3) is 60.6 Å². The minimum Gasteiger partial charge on any atom is -0.203 e. The second-order valence-electron chi connectivity index (χ2n) is 9.37. The molecule has 14 heteroatoms. The quantitative estimate of drug-likeness (QED) is 0.0982. The molecular weight excluding hydrogens is 679 g/mol. The van der Waals surface area contributed by atoms with E-state index in [1.807, 2.05) is 24.3 Å². The van der Waals surface area contributed by atoms with Gasteiger partial charge in [-0.15, -0.1) is 45.3 Å². The highest BCUT2D eigenvalue weighted by atomic mass is 32.1. The summed E-state index contributed by atoms with van der Waals surface area (Å²) in [5.41, 5.74) is -1.99. The van der Waals surface area contributed by atoms with Crippen LogP contribution in [0.2, 0.25) is 0 Å². The summed E-state index contributed by atoms with van der Waals surface area (Å²) < 4.78 is 141. The van der Waals surface area contributed by atoms with Crippen molar-refractivity contribution in [3.05, 3.63) is 107 Å². The molecule has 222 valence electrons. The summed E-state index contributed by atoms with van der Waals surface area (Å²) in [5, 5.41) is 1.61. The highest BCUT2D eigenvalue weighted by molar-refractivity contribution is 7.28. The largest absolute Gasteiger partial charge is 0.203 e. The van der Waals surface area contributed by atoms with Crippen molar-refractivity contribution in [2.45, 2.75) is 0 Å². The van der Waals surface area contributed by atoms with E-state index in [0.717, 1.165) is 42.8 Å². The molecule has 0 bridgehead atoms. The molecule has 7 rings (SSSR count). The third-order valence-corrected chi connectivity index (χ3v) is 11.6. The van der Waals surface area contributed by atoms with Gasteiger partial charge in [0.1, 0.15) is 0 Å². The summed E-state index contributed by atoms with van der Waals surface area (Å²) in [7, 11) is 0. The minimum absolute atomic E-state index is 0.128. The Bertz CT molecular complexity index is 2040. The predicted molar refractivity (Wildman–Crippen MR) is 154 cm³/mol. The molecular formula is C30H8F10S4. The van der Waals surface area contributed by atoms with Crippen LogP contribution in [0.4, 0.5) is 43.9 Å².